The quantitative estimate of drug-likeness (QED) is 0.556. The molecule has 14 heavy (non-hydrogen) atoms. The van der Waals surface area contributed by atoms with Crippen LogP contribution in [0.3, 0.4) is 0 Å². The first-order valence-corrected chi connectivity index (χ1v) is 5.42. The van der Waals surface area contributed by atoms with Crippen LogP contribution in [0.1, 0.15) is 40.0 Å². The first-order valence-electron chi connectivity index (χ1n) is 5.42. The van der Waals surface area contributed by atoms with E-state index >= 15 is 0 Å². The van der Waals surface area contributed by atoms with Crippen LogP contribution < -0.4 is 5.73 Å². The molecule has 0 amide bonds. The molecular formula is C11H22N2O. The van der Waals surface area contributed by atoms with Crippen molar-refractivity contribution in [1.29, 1.82) is 0 Å². The van der Waals surface area contributed by atoms with Crippen LogP contribution in [0.25, 0.3) is 0 Å². The molecule has 1 aliphatic rings. The molecule has 82 valence electrons. The lowest BCUT2D eigenvalue weighted by Gasteiger charge is -2.17. The molecule has 1 unspecified atom stereocenters. The molecule has 3 nitrogen and oxygen atoms in total. The number of aliphatic imine (C=N–C) groups is 1. The van der Waals surface area contributed by atoms with Crippen LogP contribution in [-0.4, -0.2) is 25.1 Å². The fourth-order valence-corrected chi connectivity index (χ4v) is 1.44. The molecule has 1 aliphatic heterocycles. The van der Waals surface area contributed by atoms with Gasteiger partial charge in [0.05, 0.1) is 11.9 Å². The van der Waals surface area contributed by atoms with Gasteiger partial charge in [-0.15, -0.1) is 0 Å². The topological polar surface area (TPSA) is 47.6 Å². The highest BCUT2D eigenvalue weighted by Crippen LogP contribution is 2.16. The lowest BCUT2D eigenvalue weighted by atomic mass is 9.95. The van der Waals surface area contributed by atoms with E-state index in [1.54, 1.807) is 0 Å². The second-order valence-electron chi connectivity index (χ2n) is 4.94. The zero-order chi connectivity index (χ0) is 10.6. The van der Waals surface area contributed by atoms with Gasteiger partial charge in [-0.1, -0.05) is 20.8 Å². The predicted octanol–water partition coefficient (Wildman–Crippen LogP) is 1.96. The Bertz CT molecular complexity index is 200. The van der Waals surface area contributed by atoms with Gasteiger partial charge in [-0.2, -0.15) is 0 Å². The Kier molecular flexibility index (Phi) is 3.93. The summed E-state index contributed by atoms with van der Waals surface area (Å²) >= 11 is 0. The maximum atomic E-state index is 5.84. The van der Waals surface area contributed by atoms with Crippen molar-refractivity contribution in [1.82, 2.24) is 0 Å². The second-order valence-corrected chi connectivity index (χ2v) is 4.94. The second kappa shape index (κ2) is 4.78. The molecule has 0 spiro atoms. The number of hydrogen-bond acceptors (Lipinski definition) is 2. The van der Waals surface area contributed by atoms with Crippen molar-refractivity contribution in [3.05, 3.63) is 0 Å². The summed E-state index contributed by atoms with van der Waals surface area (Å²) in [6.45, 7) is 7.96. The van der Waals surface area contributed by atoms with Crippen molar-refractivity contribution in [2.75, 3.05) is 13.2 Å². The summed E-state index contributed by atoms with van der Waals surface area (Å²) in [7, 11) is 0. The van der Waals surface area contributed by atoms with Crippen LogP contribution in [-0.2, 0) is 4.74 Å². The molecule has 1 heterocycles. The highest BCUT2D eigenvalue weighted by atomic mass is 16.5. The molecule has 1 atom stereocenters. The minimum atomic E-state index is -0.00344. The van der Waals surface area contributed by atoms with Gasteiger partial charge in [-0.05, 0) is 19.3 Å². The summed E-state index contributed by atoms with van der Waals surface area (Å²) in [5.74, 6) is 0.746. The van der Waals surface area contributed by atoms with Gasteiger partial charge in [-0.25, -0.2) is 0 Å². The van der Waals surface area contributed by atoms with Gasteiger partial charge in [-0.3, -0.25) is 4.99 Å². The first kappa shape index (κ1) is 11.5. The van der Waals surface area contributed by atoms with Gasteiger partial charge >= 0.3 is 0 Å². The van der Waals surface area contributed by atoms with Crippen LogP contribution >= 0.6 is 0 Å². The SMILES string of the molecule is CC(C)(C)C(N)=NCCC1CCCO1. The van der Waals surface area contributed by atoms with Crippen molar-refractivity contribution in [3.63, 3.8) is 0 Å². The van der Waals surface area contributed by atoms with E-state index in [-0.39, 0.29) is 5.41 Å². The molecule has 0 aromatic carbocycles. The monoisotopic (exact) mass is 198 g/mol. The molecule has 3 heteroatoms. The van der Waals surface area contributed by atoms with Crippen molar-refractivity contribution in [3.8, 4) is 0 Å². The van der Waals surface area contributed by atoms with E-state index in [2.05, 4.69) is 25.8 Å². The molecule has 1 rings (SSSR count). The fraction of sp³-hybridized carbons (Fsp3) is 0.909. The molecule has 0 radical (unpaired) electrons. The average molecular weight is 198 g/mol. The lowest BCUT2D eigenvalue weighted by Crippen LogP contribution is -2.29. The van der Waals surface area contributed by atoms with Gasteiger partial charge in [0.1, 0.15) is 0 Å². The summed E-state index contributed by atoms with van der Waals surface area (Å²) in [6.07, 6.45) is 3.82. The number of ether oxygens (including phenoxy) is 1. The minimum Gasteiger partial charge on any atom is -0.387 e. The summed E-state index contributed by atoms with van der Waals surface area (Å²) in [6, 6.07) is 0. The van der Waals surface area contributed by atoms with Crippen LogP contribution in [0, 0.1) is 5.41 Å². The summed E-state index contributed by atoms with van der Waals surface area (Å²) in [4.78, 5) is 4.37. The van der Waals surface area contributed by atoms with E-state index in [0.717, 1.165) is 25.4 Å². The van der Waals surface area contributed by atoms with Crippen LogP contribution in [0.4, 0.5) is 0 Å². The number of nitrogens with zero attached hydrogens (tertiary/aromatic N) is 1. The standard InChI is InChI=1S/C11H22N2O/c1-11(2,3)10(12)13-7-6-9-5-4-8-14-9/h9H,4-8H2,1-3H3,(H2,12,13). The smallest absolute Gasteiger partial charge is 0.0991 e. The zero-order valence-electron chi connectivity index (χ0n) is 9.55. The highest BCUT2D eigenvalue weighted by Gasteiger charge is 2.17. The van der Waals surface area contributed by atoms with Crippen LogP contribution in [0.2, 0.25) is 0 Å². The number of nitrogens with two attached hydrogens (primary N) is 1. The molecule has 0 bridgehead atoms. The summed E-state index contributed by atoms with van der Waals surface area (Å²) < 4.78 is 5.51. The first-order chi connectivity index (χ1) is 6.50. The average Bonchev–Trinajstić information content (AvgIpc) is 2.55. The third-order valence-corrected chi connectivity index (χ3v) is 2.53. The molecule has 0 aromatic rings. The van der Waals surface area contributed by atoms with Gasteiger partial charge < -0.3 is 10.5 Å². The van der Waals surface area contributed by atoms with E-state index in [9.17, 15) is 0 Å². The summed E-state index contributed by atoms with van der Waals surface area (Å²) in [5.41, 5.74) is 5.84. The predicted molar refractivity (Wildman–Crippen MR) is 59.5 cm³/mol. The van der Waals surface area contributed by atoms with Crippen molar-refractivity contribution in [2.45, 2.75) is 46.1 Å². The summed E-state index contributed by atoms with van der Waals surface area (Å²) in [5, 5.41) is 0. The molecule has 0 aliphatic carbocycles. The molecule has 0 saturated carbocycles. The maximum absolute atomic E-state index is 5.84. The largest absolute Gasteiger partial charge is 0.387 e. The van der Waals surface area contributed by atoms with E-state index in [4.69, 9.17) is 10.5 Å². The van der Waals surface area contributed by atoms with E-state index in [0.29, 0.717) is 6.10 Å². The fourth-order valence-electron chi connectivity index (χ4n) is 1.44. The van der Waals surface area contributed by atoms with Gasteiger partial charge in [0.25, 0.3) is 0 Å². The molecule has 0 aromatic heterocycles. The van der Waals surface area contributed by atoms with E-state index in [1.165, 1.54) is 12.8 Å². The molecule has 1 fully saturated rings. The Hall–Kier alpha value is -0.570. The normalized spacial score (nSPS) is 24.2. The number of hydrogen-bond donors (Lipinski definition) is 1. The highest BCUT2D eigenvalue weighted by molar-refractivity contribution is 5.85. The lowest BCUT2D eigenvalue weighted by molar-refractivity contribution is 0.106. The Labute approximate surface area is 86.7 Å². The van der Waals surface area contributed by atoms with Crippen molar-refractivity contribution < 1.29 is 4.74 Å². The third-order valence-electron chi connectivity index (χ3n) is 2.53. The van der Waals surface area contributed by atoms with Crippen LogP contribution in [0.15, 0.2) is 4.99 Å². The maximum Gasteiger partial charge on any atom is 0.0991 e. The van der Waals surface area contributed by atoms with E-state index in [1.807, 2.05) is 0 Å². The van der Waals surface area contributed by atoms with Gasteiger partial charge in [0.2, 0.25) is 0 Å². The Morgan fingerprint density at radius 3 is 2.71 bits per heavy atom. The van der Waals surface area contributed by atoms with Crippen LogP contribution in [0.5, 0.6) is 0 Å². The molecular weight excluding hydrogens is 176 g/mol. The molecule has 1 saturated heterocycles. The van der Waals surface area contributed by atoms with Crippen molar-refractivity contribution in [2.24, 2.45) is 16.1 Å². The Morgan fingerprint density at radius 1 is 1.50 bits per heavy atom. The Balaban J connectivity index is 2.25. The van der Waals surface area contributed by atoms with E-state index < -0.39 is 0 Å². The third kappa shape index (κ3) is 3.66. The Morgan fingerprint density at radius 2 is 2.21 bits per heavy atom. The number of rotatable bonds is 3. The number of amidine groups is 1. The van der Waals surface area contributed by atoms with Gasteiger partial charge in [0.15, 0.2) is 0 Å². The van der Waals surface area contributed by atoms with Gasteiger partial charge in [0, 0.05) is 18.6 Å². The minimum absolute atomic E-state index is 0.00344. The molecule has 2 N–H and O–H groups in total. The zero-order valence-corrected chi connectivity index (χ0v) is 9.55. The van der Waals surface area contributed by atoms with Crippen molar-refractivity contribution >= 4 is 5.84 Å².